The molecule has 0 spiro atoms. The van der Waals surface area contributed by atoms with Gasteiger partial charge in [-0.2, -0.15) is 16.3 Å². The third-order valence-corrected chi connectivity index (χ3v) is 4.03. The number of aryl methyl sites for hydroxylation is 3. The van der Waals surface area contributed by atoms with Gasteiger partial charge in [-0.25, -0.2) is 0 Å². The van der Waals surface area contributed by atoms with E-state index < -0.39 is 0 Å². The summed E-state index contributed by atoms with van der Waals surface area (Å²) in [5.41, 5.74) is 2.99. The number of ether oxygens (including phenoxy) is 1. The van der Waals surface area contributed by atoms with Crippen LogP contribution in [-0.2, 0) is 11.2 Å². The number of carbonyl (C=O) groups excluding carboxylic acids is 1. The molecule has 0 amide bonds. The van der Waals surface area contributed by atoms with Crippen LogP contribution in [0.15, 0.2) is 39.5 Å². The third kappa shape index (κ3) is 3.84. The van der Waals surface area contributed by atoms with Gasteiger partial charge in [-0.1, -0.05) is 22.9 Å². The lowest BCUT2D eigenvalue weighted by molar-refractivity contribution is -0.134. The second-order valence-corrected chi connectivity index (χ2v) is 6.05. The minimum atomic E-state index is -0.313. The molecule has 3 aromatic rings. The molecule has 23 heavy (non-hydrogen) atoms. The Hall–Kier alpha value is -2.47. The van der Waals surface area contributed by atoms with Crippen molar-refractivity contribution in [1.29, 1.82) is 0 Å². The Labute approximate surface area is 137 Å². The zero-order valence-corrected chi connectivity index (χ0v) is 13.7. The first-order valence-electron chi connectivity index (χ1n) is 7.25. The Balaban J connectivity index is 1.57. The molecule has 1 aromatic carbocycles. The van der Waals surface area contributed by atoms with Gasteiger partial charge in [0.25, 0.3) is 0 Å². The smallest absolute Gasteiger partial charge is 0.311 e. The van der Waals surface area contributed by atoms with Crippen molar-refractivity contribution >= 4 is 17.3 Å². The first-order valence-corrected chi connectivity index (χ1v) is 8.19. The topological polar surface area (TPSA) is 65.2 Å². The first kappa shape index (κ1) is 15.4. The Morgan fingerprint density at radius 2 is 2.17 bits per heavy atom. The number of nitrogens with zero attached hydrogens (tertiary/aromatic N) is 2. The summed E-state index contributed by atoms with van der Waals surface area (Å²) in [4.78, 5) is 16.2. The fourth-order valence-electron chi connectivity index (χ4n) is 2.16. The Kier molecular flexibility index (Phi) is 4.52. The van der Waals surface area contributed by atoms with Gasteiger partial charge in [0.2, 0.25) is 11.7 Å². The van der Waals surface area contributed by atoms with Crippen LogP contribution in [0, 0.1) is 13.8 Å². The van der Waals surface area contributed by atoms with Gasteiger partial charge in [0.05, 0.1) is 6.42 Å². The molecule has 3 rings (SSSR count). The van der Waals surface area contributed by atoms with Gasteiger partial charge in [-0.05, 0) is 36.9 Å². The second kappa shape index (κ2) is 6.75. The summed E-state index contributed by atoms with van der Waals surface area (Å²) in [6.45, 7) is 3.92. The molecule has 0 radical (unpaired) electrons. The highest BCUT2D eigenvalue weighted by molar-refractivity contribution is 7.08. The second-order valence-electron chi connectivity index (χ2n) is 5.27. The van der Waals surface area contributed by atoms with E-state index in [9.17, 15) is 4.79 Å². The molecule has 118 valence electrons. The van der Waals surface area contributed by atoms with Crippen LogP contribution in [0.1, 0.15) is 23.4 Å². The van der Waals surface area contributed by atoms with Crippen molar-refractivity contribution in [1.82, 2.24) is 10.1 Å². The summed E-state index contributed by atoms with van der Waals surface area (Å²) in [7, 11) is 0. The van der Waals surface area contributed by atoms with Crippen LogP contribution in [-0.4, -0.2) is 16.1 Å². The largest absolute Gasteiger partial charge is 0.426 e. The number of aromatic nitrogens is 2. The molecule has 2 aromatic heterocycles. The quantitative estimate of drug-likeness (QED) is 0.524. The average molecular weight is 328 g/mol. The molecule has 0 aliphatic carbocycles. The SMILES string of the molecule is Cc1ccc(OC(=O)CCc2nc(-c3ccsc3)no2)c(C)c1. The van der Waals surface area contributed by atoms with Crippen LogP contribution in [0.2, 0.25) is 0 Å². The van der Waals surface area contributed by atoms with Crippen LogP contribution >= 0.6 is 11.3 Å². The van der Waals surface area contributed by atoms with Gasteiger partial charge in [0.1, 0.15) is 5.75 Å². The molecule has 0 bridgehead atoms. The molecular weight excluding hydrogens is 312 g/mol. The summed E-state index contributed by atoms with van der Waals surface area (Å²) in [5, 5.41) is 7.81. The first-order chi connectivity index (χ1) is 11.1. The fraction of sp³-hybridized carbons (Fsp3) is 0.235. The lowest BCUT2D eigenvalue weighted by atomic mass is 10.1. The molecule has 0 fully saturated rings. The fourth-order valence-corrected chi connectivity index (χ4v) is 2.80. The van der Waals surface area contributed by atoms with Crippen LogP contribution in [0.25, 0.3) is 11.4 Å². The van der Waals surface area contributed by atoms with Crippen molar-refractivity contribution in [2.45, 2.75) is 26.7 Å². The van der Waals surface area contributed by atoms with E-state index in [2.05, 4.69) is 10.1 Å². The van der Waals surface area contributed by atoms with E-state index in [4.69, 9.17) is 9.26 Å². The summed E-state index contributed by atoms with van der Waals surface area (Å²) in [6, 6.07) is 7.63. The van der Waals surface area contributed by atoms with Crippen molar-refractivity contribution in [3.8, 4) is 17.1 Å². The molecule has 5 nitrogen and oxygen atoms in total. The Morgan fingerprint density at radius 3 is 2.91 bits per heavy atom. The van der Waals surface area contributed by atoms with Crippen molar-refractivity contribution in [3.63, 3.8) is 0 Å². The highest BCUT2D eigenvalue weighted by Crippen LogP contribution is 2.21. The molecule has 0 aliphatic rings. The maximum atomic E-state index is 11.9. The highest BCUT2D eigenvalue weighted by Gasteiger charge is 2.13. The maximum absolute atomic E-state index is 11.9. The molecule has 0 atom stereocenters. The third-order valence-electron chi connectivity index (χ3n) is 3.34. The van der Waals surface area contributed by atoms with Gasteiger partial charge >= 0.3 is 5.97 Å². The summed E-state index contributed by atoms with van der Waals surface area (Å²) in [5.74, 6) is 1.25. The lowest BCUT2D eigenvalue weighted by Gasteiger charge is -2.07. The molecule has 2 heterocycles. The van der Waals surface area contributed by atoms with Gasteiger partial charge in [0, 0.05) is 17.4 Å². The van der Waals surface area contributed by atoms with Crippen LogP contribution in [0.3, 0.4) is 0 Å². The van der Waals surface area contributed by atoms with Gasteiger partial charge in [-0.15, -0.1) is 0 Å². The molecule has 0 aliphatic heterocycles. The Bertz CT molecular complexity index is 809. The van der Waals surface area contributed by atoms with Crippen molar-refractivity contribution in [2.24, 2.45) is 0 Å². The molecule has 0 saturated heterocycles. The standard InChI is InChI=1S/C17H16N2O3S/c1-11-3-4-14(12(2)9-11)21-16(20)6-5-15-18-17(19-22-15)13-7-8-23-10-13/h3-4,7-10H,5-6H2,1-2H3. The van der Waals surface area contributed by atoms with Gasteiger partial charge in [0.15, 0.2) is 0 Å². The number of carbonyl (C=O) groups is 1. The summed E-state index contributed by atoms with van der Waals surface area (Å²) in [6.07, 6.45) is 0.555. The molecule has 0 N–H and O–H groups in total. The molecular formula is C17H16N2O3S. The number of hydrogen-bond acceptors (Lipinski definition) is 6. The molecule has 6 heteroatoms. The predicted octanol–water partition coefficient (Wildman–Crippen LogP) is 3.95. The minimum absolute atomic E-state index is 0.193. The van der Waals surface area contributed by atoms with E-state index in [0.29, 0.717) is 23.9 Å². The average Bonchev–Trinajstić information content (AvgIpc) is 3.18. The molecule has 0 unspecified atom stereocenters. The van der Waals surface area contributed by atoms with Crippen LogP contribution in [0.4, 0.5) is 0 Å². The van der Waals surface area contributed by atoms with E-state index in [-0.39, 0.29) is 12.4 Å². The Morgan fingerprint density at radius 1 is 1.30 bits per heavy atom. The number of rotatable bonds is 5. The summed E-state index contributed by atoms with van der Waals surface area (Å²) < 4.78 is 10.5. The normalized spacial score (nSPS) is 10.7. The van der Waals surface area contributed by atoms with E-state index in [1.165, 1.54) is 0 Å². The number of thiophene rings is 1. The predicted molar refractivity (Wildman–Crippen MR) is 87.5 cm³/mol. The number of benzene rings is 1. The van der Waals surface area contributed by atoms with E-state index in [1.54, 1.807) is 11.3 Å². The van der Waals surface area contributed by atoms with E-state index in [0.717, 1.165) is 16.7 Å². The zero-order valence-electron chi connectivity index (χ0n) is 12.9. The van der Waals surface area contributed by atoms with Crippen molar-refractivity contribution in [3.05, 3.63) is 52.0 Å². The zero-order chi connectivity index (χ0) is 16.2. The molecule has 0 saturated carbocycles. The highest BCUT2D eigenvalue weighted by atomic mass is 32.1. The van der Waals surface area contributed by atoms with Crippen LogP contribution < -0.4 is 4.74 Å². The maximum Gasteiger partial charge on any atom is 0.311 e. The summed E-state index contributed by atoms with van der Waals surface area (Å²) >= 11 is 1.57. The lowest BCUT2D eigenvalue weighted by Crippen LogP contribution is -2.10. The minimum Gasteiger partial charge on any atom is -0.426 e. The number of esters is 1. The van der Waals surface area contributed by atoms with Gasteiger partial charge in [-0.3, -0.25) is 4.79 Å². The van der Waals surface area contributed by atoms with E-state index >= 15 is 0 Å². The number of hydrogen-bond donors (Lipinski definition) is 0. The van der Waals surface area contributed by atoms with Gasteiger partial charge < -0.3 is 9.26 Å². The van der Waals surface area contributed by atoms with Crippen molar-refractivity contribution in [2.75, 3.05) is 0 Å². The van der Waals surface area contributed by atoms with Crippen LogP contribution in [0.5, 0.6) is 5.75 Å². The van der Waals surface area contributed by atoms with Crippen molar-refractivity contribution < 1.29 is 14.1 Å². The van der Waals surface area contributed by atoms with E-state index in [1.807, 2.05) is 48.9 Å². The monoisotopic (exact) mass is 328 g/mol.